The van der Waals surface area contributed by atoms with Crippen molar-refractivity contribution in [3.05, 3.63) is 58.1 Å². The number of ether oxygens (including phenoxy) is 1. The van der Waals surface area contributed by atoms with Gasteiger partial charge in [-0.3, -0.25) is 4.79 Å². The maximum absolute atomic E-state index is 12.0. The van der Waals surface area contributed by atoms with E-state index >= 15 is 0 Å². The molecule has 0 radical (unpaired) electrons. The van der Waals surface area contributed by atoms with Crippen molar-refractivity contribution in [2.24, 2.45) is 0 Å². The van der Waals surface area contributed by atoms with E-state index in [2.05, 4.69) is 17.6 Å². The number of halogens is 2. The van der Waals surface area contributed by atoms with E-state index in [1.807, 2.05) is 24.3 Å². The van der Waals surface area contributed by atoms with Gasteiger partial charge in [0.1, 0.15) is 5.75 Å². The standard InChI is InChI=1S/C19H20Cl2N2O2S/c1-2-13-6-3-4-7-16(13)22-19(26)23-18(24)8-5-11-25-17-10-9-14(20)12-15(17)21/h3-4,6-7,9-10,12H,2,5,8,11H2,1H3,(H2,22,23,24,26). The number of thiocarbonyl (C=S) groups is 1. The minimum absolute atomic E-state index is 0.165. The lowest BCUT2D eigenvalue weighted by Crippen LogP contribution is -2.34. The molecule has 4 nitrogen and oxygen atoms in total. The summed E-state index contributed by atoms with van der Waals surface area (Å²) in [7, 11) is 0. The van der Waals surface area contributed by atoms with Crippen LogP contribution in [0.3, 0.4) is 0 Å². The summed E-state index contributed by atoms with van der Waals surface area (Å²) < 4.78 is 5.55. The summed E-state index contributed by atoms with van der Waals surface area (Å²) in [4.78, 5) is 12.0. The van der Waals surface area contributed by atoms with Crippen molar-refractivity contribution in [3.63, 3.8) is 0 Å². The van der Waals surface area contributed by atoms with Gasteiger partial charge in [-0.15, -0.1) is 0 Å². The third-order valence-corrected chi connectivity index (χ3v) is 4.33. The molecule has 0 heterocycles. The molecule has 0 aliphatic rings. The van der Waals surface area contributed by atoms with Gasteiger partial charge in [0.2, 0.25) is 5.91 Å². The molecule has 2 aromatic carbocycles. The minimum atomic E-state index is -0.165. The van der Waals surface area contributed by atoms with Crippen molar-refractivity contribution in [1.29, 1.82) is 0 Å². The highest BCUT2D eigenvalue weighted by Gasteiger charge is 2.08. The number of nitrogens with one attached hydrogen (secondary N) is 2. The number of rotatable bonds is 7. The third-order valence-electron chi connectivity index (χ3n) is 3.60. The number of aryl methyl sites for hydroxylation is 1. The van der Waals surface area contributed by atoms with Crippen LogP contribution >= 0.6 is 35.4 Å². The van der Waals surface area contributed by atoms with Crippen LogP contribution in [-0.4, -0.2) is 17.6 Å². The van der Waals surface area contributed by atoms with Crippen molar-refractivity contribution >= 4 is 52.1 Å². The molecule has 0 saturated carbocycles. The van der Waals surface area contributed by atoms with Gasteiger partial charge in [0, 0.05) is 17.1 Å². The Kier molecular flexibility index (Phi) is 8.16. The van der Waals surface area contributed by atoms with Crippen molar-refractivity contribution in [1.82, 2.24) is 5.32 Å². The second-order valence-electron chi connectivity index (χ2n) is 5.54. The average molecular weight is 411 g/mol. The van der Waals surface area contributed by atoms with E-state index in [1.165, 1.54) is 0 Å². The van der Waals surface area contributed by atoms with Gasteiger partial charge in [0.05, 0.1) is 11.6 Å². The van der Waals surface area contributed by atoms with Gasteiger partial charge in [-0.2, -0.15) is 0 Å². The van der Waals surface area contributed by atoms with Crippen LogP contribution in [0.15, 0.2) is 42.5 Å². The number of hydrogen-bond donors (Lipinski definition) is 2. The van der Waals surface area contributed by atoms with Gasteiger partial charge in [-0.05, 0) is 54.9 Å². The van der Waals surface area contributed by atoms with Crippen LogP contribution in [0.1, 0.15) is 25.3 Å². The summed E-state index contributed by atoms with van der Waals surface area (Å²) in [5.41, 5.74) is 2.04. The van der Waals surface area contributed by atoms with Gasteiger partial charge in [0.15, 0.2) is 5.11 Å². The Morgan fingerprint density at radius 1 is 1.19 bits per heavy atom. The number of hydrogen-bond acceptors (Lipinski definition) is 3. The topological polar surface area (TPSA) is 50.4 Å². The second-order valence-corrected chi connectivity index (χ2v) is 6.79. The Labute approximate surface area is 168 Å². The van der Waals surface area contributed by atoms with Crippen LogP contribution in [0.25, 0.3) is 0 Å². The highest BCUT2D eigenvalue weighted by molar-refractivity contribution is 7.80. The molecule has 0 bridgehead atoms. The lowest BCUT2D eigenvalue weighted by molar-refractivity contribution is -0.119. The van der Waals surface area contributed by atoms with E-state index in [1.54, 1.807) is 18.2 Å². The normalized spacial score (nSPS) is 10.3. The third kappa shape index (κ3) is 6.48. The molecule has 0 atom stereocenters. The molecule has 0 aliphatic carbocycles. The molecule has 0 saturated heterocycles. The van der Waals surface area contributed by atoms with E-state index in [4.69, 9.17) is 40.2 Å². The molecule has 2 N–H and O–H groups in total. The lowest BCUT2D eigenvalue weighted by Gasteiger charge is -2.13. The largest absolute Gasteiger partial charge is 0.492 e. The number of anilines is 1. The first-order chi connectivity index (χ1) is 12.5. The first-order valence-electron chi connectivity index (χ1n) is 8.26. The van der Waals surface area contributed by atoms with Gasteiger partial charge < -0.3 is 15.4 Å². The van der Waals surface area contributed by atoms with Crippen LogP contribution in [0.4, 0.5) is 5.69 Å². The molecule has 2 aromatic rings. The Balaban J connectivity index is 1.72. The molecule has 26 heavy (non-hydrogen) atoms. The predicted octanol–water partition coefficient (Wildman–Crippen LogP) is 5.23. The molecule has 0 unspecified atom stereocenters. The monoisotopic (exact) mass is 410 g/mol. The minimum Gasteiger partial charge on any atom is -0.492 e. The zero-order valence-electron chi connectivity index (χ0n) is 14.4. The Morgan fingerprint density at radius 2 is 1.96 bits per heavy atom. The number of carbonyl (C=O) groups is 1. The molecule has 138 valence electrons. The molecule has 1 amide bonds. The Bertz CT molecular complexity index is 784. The van der Waals surface area contributed by atoms with E-state index in [-0.39, 0.29) is 11.0 Å². The fraction of sp³-hybridized carbons (Fsp3) is 0.263. The lowest BCUT2D eigenvalue weighted by atomic mass is 10.1. The molecule has 7 heteroatoms. The number of carbonyl (C=O) groups excluding carboxylic acids is 1. The first-order valence-corrected chi connectivity index (χ1v) is 9.42. The van der Waals surface area contributed by atoms with E-state index in [0.29, 0.717) is 35.2 Å². The maximum Gasteiger partial charge on any atom is 0.226 e. The van der Waals surface area contributed by atoms with Crippen molar-refractivity contribution < 1.29 is 9.53 Å². The van der Waals surface area contributed by atoms with Gasteiger partial charge in [-0.1, -0.05) is 48.3 Å². The van der Waals surface area contributed by atoms with Gasteiger partial charge >= 0.3 is 0 Å². The SMILES string of the molecule is CCc1ccccc1NC(=S)NC(=O)CCCOc1ccc(Cl)cc1Cl. The summed E-state index contributed by atoms with van der Waals surface area (Å²) in [5, 5.41) is 7.02. The Hall–Kier alpha value is -1.82. The molecule has 0 aromatic heterocycles. The highest BCUT2D eigenvalue weighted by Crippen LogP contribution is 2.27. The maximum atomic E-state index is 12.0. The summed E-state index contributed by atoms with van der Waals surface area (Å²) in [6.07, 6.45) is 1.71. The van der Waals surface area contributed by atoms with Gasteiger partial charge in [-0.25, -0.2) is 0 Å². The summed E-state index contributed by atoms with van der Waals surface area (Å²) >= 11 is 17.1. The predicted molar refractivity (Wildman–Crippen MR) is 111 cm³/mol. The van der Waals surface area contributed by atoms with Crippen LogP contribution in [0.5, 0.6) is 5.75 Å². The average Bonchev–Trinajstić information content (AvgIpc) is 2.60. The van der Waals surface area contributed by atoms with E-state index in [0.717, 1.165) is 17.7 Å². The fourth-order valence-corrected chi connectivity index (χ4v) is 2.99. The number of benzene rings is 2. The van der Waals surface area contributed by atoms with Crippen molar-refractivity contribution in [2.75, 3.05) is 11.9 Å². The quantitative estimate of drug-likeness (QED) is 0.484. The number of para-hydroxylation sites is 1. The smallest absolute Gasteiger partial charge is 0.226 e. The summed E-state index contributed by atoms with van der Waals surface area (Å²) in [5.74, 6) is 0.382. The molecule has 0 aliphatic heterocycles. The molecule has 0 fully saturated rings. The highest BCUT2D eigenvalue weighted by atomic mass is 35.5. The molecular weight excluding hydrogens is 391 g/mol. The Morgan fingerprint density at radius 3 is 2.69 bits per heavy atom. The fourth-order valence-electron chi connectivity index (χ4n) is 2.30. The van der Waals surface area contributed by atoms with Crippen LogP contribution in [-0.2, 0) is 11.2 Å². The summed E-state index contributed by atoms with van der Waals surface area (Å²) in [6, 6.07) is 12.9. The first kappa shape index (κ1) is 20.5. The van der Waals surface area contributed by atoms with Gasteiger partial charge in [0.25, 0.3) is 0 Å². The molecule has 2 rings (SSSR count). The van der Waals surface area contributed by atoms with E-state index < -0.39 is 0 Å². The van der Waals surface area contributed by atoms with Crippen LogP contribution in [0.2, 0.25) is 10.0 Å². The van der Waals surface area contributed by atoms with Crippen LogP contribution < -0.4 is 15.4 Å². The zero-order chi connectivity index (χ0) is 18.9. The zero-order valence-corrected chi connectivity index (χ0v) is 16.7. The second kappa shape index (κ2) is 10.4. The van der Waals surface area contributed by atoms with Crippen molar-refractivity contribution in [3.8, 4) is 5.75 Å². The summed E-state index contributed by atoms with van der Waals surface area (Å²) in [6.45, 7) is 2.43. The number of amides is 1. The van der Waals surface area contributed by atoms with Crippen LogP contribution in [0, 0.1) is 0 Å². The molecular formula is C19H20Cl2N2O2S. The molecule has 0 spiro atoms. The van der Waals surface area contributed by atoms with Crippen molar-refractivity contribution in [2.45, 2.75) is 26.2 Å². The van der Waals surface area contributed by atoms with E-state index in [9.17, 15) is 4.79 Å².